The summed E-state index contributed by atoms with van der Waals surface area (Å²) < 4.78 is 28.7. The molecule has 0 aliphatic carbocycles. The van der Waals surface area contributed by atoms with Crippen molar-refractivity contribution in [1.29, 1.82) is 0 Å². The van der Waals surface area contributed by atoms with E-state index in [0.717, 1.165) is 15.6 Å². The number of nitrogens with one attached hydrogen (secondary N) is 1. The van der Waals surface area contributed by atoms with Gasteiger partial charge in [0, 0.05) is 15.5 Å². The van der Waals surface area contributed by atoms with Crippen LogP contribution in [0.5, 0.6) is 0 Å². The van der Waals surface area contributed by atoms with E-state index in [1.807, 2.05) is 25.1 Å². The second-order valence-electron chi connectivity index (χ2n) is 4.99. The van der Waals surface area contributed by atoms with Crippen molar-refractivity contribution in [2.45, 2.75) is 24.3 Å². The molecule has 0 spiro atoms. The van der Waals surface area contributed by atoms with E-state index in [0.29, 0.717) is 11.4 Å². The third-order valence-corrected chi connectivity index (χ3v) is 5.76. The van der Waals surface area contributed by atoms with E-state index in [1.165, 1.54) is 0 Å². The predicted octanol–water partition coefficient (Wildman–Crippen LogP) is 4.49. The molecule has 2 rings (SSSR count). The minimum atomic E-state index is -3.58. The van der Waals surface area contributed by atoms with Gasteiger partial charge in [0.1, 0.15) is 0 Å². The molecule has 0 bridgehead atoms. The Bertz CT molecular complexity index is 732. The molecule has 0 aliphatic heterocycles. The van der Waals surface area contributed by atoms with Crippen molar-refractivity contribution in [3.05, 3.63) is 64.7 Å². The number of benzene rings is 2. The fraction of sp³-hybridized carbons (Fsp3) is 0.250. The Balaban J connectivity index is 2.31. The van der Waals surface area contributed by atoms with Gasteiger partial charge in [0.15, 0.2) is 0 Å². The molecule has 3 nitrogen and oxygen atoms in total. The highest BCUT2D eigenvalue weighted by Gasteiger charge is 2.22. The molecule has 22 heavy (non-hydrogen) atoms. The molecule has 0 saturated heterocycles. The summed E-state index contributed by atoms with van der Waals surface area (Å²) >= 11 is 8.45. The topological polar surface area (TPSA) is 46.2 Å². The molecule has 0 saturated carbocycles. The molecule has 2 aromatic carbocycles. The Morgan fingerprint density at radius 3 is 2.36 bits per heavy atom. The van der Waals surface area contributed by atoms with Crippen molar-refractivity contribution >= 4 is 44.2 Å². The molecule has 1 unspecified atom stereocenters. The number of hydrogen-bond acceptors (Lipinski definition) is 2. The molecule has 1 N–H and O–H groups in total. The highest BCUT2D eigenvalue weighted by Crippen LogP contribution is 2.27. The van der Waals surface area contributed by atoms with Gasteiger partial charge in [-0.15, -0.1) is 0 Å². The number of alkyl halides is 1. The van der Waals surface area contributed by atoms with Crippen molar-refractivity contribution in [1.82, 2.24) is 4.72 Å². The van der Waals surface area contributed by atoms with Gasteiger partial charge >= 0.3 is 0 Å². The molecule has 2 aromatic rings. The number of rotatable bonds is 6. The lowest BCUT2D eigenvalue weighted by atomic mass is 10.1. The molecular weight excluding hydrogens is 433 g/mol. The van der Waals surface area contributed by atoms with Crippen LogP contribution in [0.4, 0.5) is 0 Å². The predicted molar refractivity (Wildman–Crippen MR) is 99.2 cm³/mol. The van der Waals surface area contributed by atoms with Gasteiger partial charge in [-0.05, 0) is 37.1 Å². The molecule has 118 valence electrons. The van der Waals surface area contributed by atoms with Crippen LogP contribution in [0.1, 0.15) is 23.6 Å². The molecular formula is C16H17ClINO2S. The average Bonchev–Trinajstić information content (AvgIpc) is 2.47. The normalized spacial score (nSPS) is 13.0. The van der Waals surface area contributed by atoms with E-state index >= 15 is 0 Å². The lowest BCUT2D eigenvalue weighted by molar-refractivity contribution is 0.552. The summed E-state index contributed by atoms with van der Waals surface area (Å²) in [6, 6.07) is 13.8. The maximum atomic E-state index is 12.6. The summed E-state index contributed by atoms with van der Waals surface area (Å²) in [6.45, 7) is 1.92. The number of halogens is 2. The van der Waals surface area contributed by atoms with Crippen LogP contribution in [0.2, 0.25) is 5.02 Å². The maximum absolute atomic E-state index is 12.6. The first-order valence-corrected chi connectivity index (χ1v) is 10.2. The zero-order valence-electron chi connectivity index (χ0n) is 12.1. The Kier molecular flexibility index (Phi) is 6.26. The largest absolute Gasteiger partial charge is 0.241 e. The summed E-state index contributed by atoms with van der Waals surface area (Å²) in [4.78, 5) is 0.267. The van der Waals surface area contributed by atoms with Crippen LogP contribution in [-0.4, -0.2) is 12.8 Å². The second-order valence-corrected chi connectivity index (χ2v) is 8.19. The van der Waals surface area contributed by atoms with E-state index in [1.54, 1.807) is 30.3 Å². The molecule has 1 atom stereocenters. The Hall–Kier alpha value is -0.630. The van der Waals surface area contributed by atoms with E-state index in [4.69, 9.17) is 11.6 Å². The molecule has 0 amide bonds. The number of aryl methyl sites for hydroxylation is 1. The lowest BCUT2D eigenvalue weighted by Crippen LogP contribution is -2.29. The van der Waals surface area contributed by atoms with Gasteiger partial charge in [0.2, 0.25) is 10.0 Å². The number of sulfonamides is 1. The Morgan fingerprint density at radius 1 is 1.14 bits per heavy atom. The van der Waals surface area contributed by atoms with Crippen molar-refractivity contribution in [2.75, 3.05) is 4.43 Å². The molecule has 6 heteroatoms. The van der Waals surface area contributed by atoms with Gasteiger partial charge in [-0.2, -0.15) is 0 Å². The maximum Gasteiger partial charge on any atom is 0.241 e. The van der Waals surface area contributed by atoms with E-state index < -0.39 is 10.0 Å². The first-order chi connectivity index (χ1) is 10.4. The minimum Gasteiger partial charge on any atom is -0.207 e. The monoisotopic (exact) mass is 449 g/mol. The van der Waals surface area contributed by atoms with Crippen LogP contribution in [-0.2, 0) is 10.0 Å². The summed E-state index contributed by atoms with van der Waals surface area (Å²) in [5.41, 5.74) is 1.82. The molecule has 0 aromatic heterocycles. The third kappa shape index (κ3) is 4.44. The van der Waals surface area contributed by atoms with E-state index in [2.05, 4.69) is 27.3 Å². The van der Waals surface area contributed by atoms with Crippen LogP contribution in [0, 0.1) is 6.92 Å². The van der Waals surface area contributed by atoms with Crippen LogP contribution in [0.25, 0.3) is 0 Å². The lowest BCUT2D eigenvalue weighted by Gasteiger charge is -2.19. The Morgan fingerprint density at radius 2 is 1.77 bits per heavy atom. The fourth-order valence-electron chi connectivity index (χ4n) is 2.12. The zero-order chi connectivity index (χ0) is 16.2. The van der Waals surface area contributed by atoms with Crippen LogP contribution < -0.4 is 4.72 Å². The first kappa shape index (κ1) is 17.7. The van der Waals surface area contributed by atoms with E-state index in [-0.39, 0.29) is 10.9 Å². The van der Waals surface area contributed by atoms with Crippen molar-refractivity contribution in [3.8, 4) is 0 Å². The van der Waals surface area contributed by atoms with Crippen molar-refractivity contribution < 1.29 is 8.42 Å². The first-order valence-electron chi connectivity index (χ1n) is 6.83. The van der Waals surface area contributed by atoms with Crippen LogP contribution in [0.3, 0.4) is 0 Å². The summed E-state index contributed by atoms with van der Waals surface area (Å²) in [6.07, 6.45) is 0.676. The summed E-state index contributed by atoms with van der Waals surface area (Å²) in [5.74, 6) is 0. The zero-order valence-corrected chi connectivity index (χ0v) is 15.8. The highest BCUT2D eigenvalue weighted by molar-refractivity contribution is 14.1. The molecule has 0 radical (unpaired) electrons. The highest BCUT2D eigenvalue weighted by atomic mass is 127. The molecule has 0 fully saturated rings. The van der Waals surface area contributed by atoms with Crippen LogP contribution >= 0.6 is 34.2 Å². The third-order valence-electron chi connectivity index (χ3n) is 3.31. The summed E-state index contributed by atoms with van der Waals surface area (Å²) in [7, 11) is -3.58. The van der Waals surface area contributed by atoms with Gasteiger partial charge in [0.05, 0.1) is 4.90 Å². The fourth-order valence-corrected chi connectivity index (χ4v) is 4.26. The summed E-state index contributed by atoms with van der Waals surface area (Å²) in [5, 5.41) is 0.573. The number of hydrogen-bond donors (Lipinski definition) is 1. The second kappa shape index (κ2) is 7.77. The van der Waals surface area contributed by atoms with Crippen molar-refractivity contribution in [3.63, 3.8) is 0 Å². The quantitative estimate of drug-likeness (QED) is 0.522. The smallest absolute Gasteiger partial charge is 0.207 e. The SMILES string of the molecule is Cc1ccc(S(=O)(=O)NC(CCI)c2ccccc2Cl)cc1. The van der Waals surface area contributed by atoms with Gasteiger partial charge in [-0.3, -0.25) is 0 Å². The Labute approximate surface area is 150 Å². The molecule has 0 aliphatic rings. The van der Waals surface area contributed by atoms with Crippen molar-refractivity contribution in [2.24, 2.45) is 0 Å². The van der Waals surface area contributed by atoms with Gasteiger partial charge in [-0.1, -0.05) is 70.1 Å². The molecule has 0 heterocycles. The van der Waals surface area contributed by atoms with Gasteiger partial charge in [-0.25, -0.2) is 13.1 Å². The average molecular weight is 450 g/mol. The minimum absolute atomic E-state index is 0.267. The standard InChI is InChI=1S/C16H17ClINO2S/c1-12-6-8-13(9-7-12)22(20,21)19-16(10-11-18)14-4-2-3-5-15(14)17/h2-9,16,19H,10-11H2,1H3. The van der Waals surface area contributed by atoms with Crippen LogP contribution in [0.15, 0.2) is 53.4 Å². The van der Waals surface area contributed by atoms with E-state index in [9.17, 15) is 8.42 Å². The van der Waals surface area contributed by atoms with Gasteiger partial charge < -0.3 is 0 Å². The van der Waals surface area contributed by atoms with Gasteiger partial charge in [0.25, 0.3) is 0 Å².